The van der Waals surface area contributed by atoms with E-state index in [9.17, 15) is 18.7 Å². The third-order valence-electron chi connectivity index (χ3n) is 0.570. The van der Waals surface area contributed by atoms with Crippen LogP contribution >= 0.6 is 15.6 Å². The fourth-order valence-corrected chi connectivity index (χ4v) is 0.872. The van der Waals surface area contributed by atoms with Crippen LogP contribution in [-0.4, -0.2) is 69.2 Å². The van der Waals surface area contributed by atoms with Crippen molar-refractivity contribution in [2.24, 2.45) is 0 Å². The van der Waals surface area contributed by atoms with Crippen molar-refractivity contribution in [3.8, 4) is 0 Å². The summed E-state index contributed by atoms with van der Waals surface area (Å²) in [6.07, 6.45) is 0. The maximum absolute atomic E-state index is 10.3. The van der Waals surface area contributed by atoms with Crippen molar-refractivity contribution in [2.45, 2.75) is 0 Å². The van der Waals surface area contributed by atoms with E-state index in [-0.39, 0.29) is 71.9 Å². The van der Waals surface area contributed by atoms with Crippen LogP contribution in [0.1, 0.15) is 0 Å². The van der Waals surface area contributed by atoms with Gasteiger partial charge in [0.15, 0.2) is 0 Å². The molecule has 0 radical (unpaired) electrons. The van der Waals surface area contributed by atoms with Gasteiger partial charge in [-0.15, -0.1) is 0 Å². The van der Waals surface area contributed by atoms with Gasteiger partial charge in [0, 0.05) is 34.1 Å². The van der Waals surface area contributed by atoms with Gasteiger partial charge in [0.1, 0.15) is 0 Å². The summed E-state index contributed by atoms with van der Waals surface area (Å²) < 4.78 is 26.2. The van der Waals surface area contributed by atoms with Crippen LogP contribution in [0.15, 0.2) is 0 Å². The van der Waals surface area contributed by atoms with Gasteiger partial charge in [-0.1, -0.05) is 0 Å². The summed E-state index contributed by atoms with van der Waals surface area (Å²) in [6.45, 7) is 0. The first-order valence-electron chi connectivity index (χ1n) is 2.60. The van der Waals surface area contributed by atoms with Crippen LogP contribution < -0.4 is 0 Å². The number of phosphoric ester groups is 2. The summed E-state index contributed by atoms with van der Waals surface area (Å²) in [6, 6.07) is 0. The maximum atomic E-state index is 10.3. The molecule has 0 aromatic heterocycles. The Labute approximate surface area is 146 Å². The van der Waals surface area contributed by atoms with Crippen LogP contribution in [0, 0.1) is 0 Å². The molecule has 0 amide bonds. The summed E-state index contributed by atoms with van der Waals surface area (Å²) in [7, 11) is -10.5. The summed E-state index contributed by atoms with van der Waals surface area (Å²) >= 11 is 0. The third-order valence-corrected chi connectivity index (χ3v) is 1.38. The minimum absolute atomic E-state index is 0. The molecule has 102 valence electrons. The van der Waals surface area contributed by atoms with Gasteiger partial charge >= 0.3 is 65.3 Å². The molecule has 0 unspecified atom stereocenters. The van der Waals surface area contributed by atoms with Gasteiger partial charge in [-0.3, -0.25) is 19.6 Å². The fraction of sp³-hybridized carbons (Fsp3) is 0. The van der Waals surface area contributed by atoms with Crippen molar-refractivity contribution in [2.75, 3.05) is 0 Å². The molecule has 0 heterocycles. The monoisotopic (exact) mass is 378 g/mol. The average Bonchev–Trinajstić information content (AvgIpc) is 1.78. The first-order chi connectivity index (χ1) is 6.01. The van der Waals surface area contributed by atoms with E-state index in [2.05, 4.69) is 9.05 Å². The third kappa shape index (κ3) is 19.8. The van der Waals surface area contributed by atoms with E-state index in [1.165, 1.54) is 0 Å². The van der Waals surface area contributed by atoms with Crippen LogP contribution in [0.5, 0.6) is 0 Å². The second kappa shape index (κ2) is 12.2. The summed E-state index contributed by atoms with van der Waals surface area (Å²) in [4.78, 5) is 52.6. The Kier molecular flexibility index (Phi) is 21.6. The number of hydrogen-bond acceptors (Lipinski definition) is 6. The Morgan fingerprint density at radius 3 is 1.00 bits per heavy atom. The molecule has 0 aliphatic carbocycles. The molecule has 0 saturated heterocycles. The molecule has 0 fully saturated rings. The van der Waals surface area contributed by atoms with Crippen LogP contribution in [0.2, 0.25) is 0 Å². The first kappa shape index (κ1) is 31.7. The van der Waals surface area contributed by atoms with Gasteiger partial charge in [0.05, 0.1) is 0 Å². The Morgan fingerprint density at radius 1 is 0.722 bits per heavy atom. The molecule has 16 heteroatoms. The molecule has 0 aliphatic rings. The van der Waals surface area contributed by atoms with E-state index in [0.29, 0.717) is 0 Å². The number of phosphoric acid groups is 2. The van der Waals surface area contributed by atoms with E-state index in [0.717, 1.165) is 0 Å². The van der Waals surface area contributed by atoms with Crippen LogP contribution in [-0.2, 0) is 61.9 Å². The molecule has 0 rings (SSSR count). The fourth-order valence-electron chi connectivity index (χ4n) is 0.291. The normalized spacial score (nSPS) is 9.33. The van der Waals surface area contributed by atoms with E-state index in [1.54, 1.807) is 0 Å². The number of rotatable bonds is 2. The topological polar surface area (TPSA) is 168 Å². The van der Waals surface area contributed by atoms with Crippen LogP contribution in [0.25, 0.3) is 0 Å². The summed E-state index contributed by atoms with van der Waals surface area (Å²) in [5.41, 5.74) is 0. The van der Waals surface area contributed by atoms with Gasteiger partial charge in [0.2, 0.25) is 0 Å². The second-order valence-electron chi connectivity index (χ2n) is 1.74. The van der Waals surface area contributed by atoms with Crippen molar-refractivity contribution in [1.29, 1.82) is 0 Å². The predicted octanol–water partition coefficient (Wildman–Crippen LogP) is -3.04. The molecule has 18 heavy (non-hydrogen) atoms. The number of hydrogen-bond donors (Lipinski definition) is 4. The predicted molar refractivity (Wildman–Crippen MR) is 50.6 cm³/mol. The standard InChI is InChI=1S/C2H4O10P2.2Fe.2Li.2H/c3-1(11-13(5,6)7)2(4)12-14(8,9)10;;;;;;/h(H2,5,6,7)(H2,8,9,10);;;;;;. The molecular formula is C2H6Fe2Li2O10P2. The Balaban J connectivity index is -0.000000141. The Bertz CT molecular complexity index is 314. The Hall–Kier alpha value is 1.47. The van der Waals surface area contributed by atoms with Gasteiger partial charge in [-0.2, -0.15) is 0 Å². The molecule has 0 saturated carbocycles. The molecular weight excluding hydrogens is 372 g/mol. The van der Waals surface area contributed by atoms with Crippen molar-refractivity contribution < 1.29 is 81.5 Å². The van der Waals surface area contributed by atoms with Crippen LogP contribution in [0.3, 0.4) is 0 Å². The van der Waals surface area contributed by atoms with Crippen molar-refractivity contribution in [3.63, 3.8) is 0 Å². The molecule has 0 bridgehead atoms. The number of carbonyl (C=O) groups excluding carboxylic acids is 2. The molecule has 0 spiro atoms. The molecule has 10 nitrogen and oxygen atoms in total. The molecule has 4 N–H and O–H groups in total. The first-order valence-corrected chi connectivity index (χ1v) is 5.66. The molecule has 0 aliphatic heterocycles. The zero-order valence-corrected chi connectivity index (χ0v) is 10.8. The summed E-state index contributed by atoms with van der Waals surface area (Å²) in [5.74, 6) is -4.41. The van der Waals surface area contributed by atoms with Crippen molar-refractivity contribution in [3.05, 3.63) is 0 Å². The SMILES string of the molecule is O=C(OP(=O)(O)O)C(=O)OP(=O)(O)O.[Fe].[Fe].[LiH].[LiH]. The van der Waals surface area contributed by atoms with Gasteiger partial charge < -0.3 is 9.05 Å². The summed E-state index contributed by atoms with van der Waals surface area (Å²) in [5, 5.41) is 0. The quantitative estimate of drug-likeness (QED) is 0.220. The molecule has 0 aromatic rings. The van der Waals surface area contributed by atoms with E-state index in [4.69, 9.17) is 19.6 Å². The van der Waals surface area contributed by atoms with Gasteiger partial charge in [-0.25, -0.2) is 18.7 Å². The van der Waals surface area contributed by atoms with Crippen molar-refractivity contribution >= 4 is 65.3 Å². The minimum atomic E-state index is -5.24. The zero-order valence-electron chi connectivity index (χ0n) is 6.84. The average molecular weight is 378 g/mol. The van der Waals surface area contributed by atoms with E-state index in [1.807, 2.05) is 0 Å². The zero-order chi connectivity index (χ0) is 11.6. The van der Waals surface area contributed by atoms with Crippen molar-refractivity contribution in [1.82, 2.24) is 0 Å². The Morgan fingerprint density at radius 2 is 0.889 bits per heavy atom. The van der Waals surface area contributed by atoms with E-state index < -0.39 is 27.6 Å². The van der Waals surface area contributed by atoms with Crippen LogP contribution in [0.4, 0.5) is 0 Å². The number of carbonyl (C=O) groups is 2. The van der Waals surface area contributed by atoms with E-state index >= 15 is 0 Å². The molecule has 0 atom stereocenters. The van der Waals surface area contributed by atoms with Gasteiger partial charge in [0.25, 0.3) is 0 Å². The second-order valence-corrected chi connectivity index (χ2v) is 4.07. The van der Waals surface area contributed by atoms with Gasteiger partial charge in [-0.05, 0) is 0 Å². The molecule has 0 aromatic carbocycles.